The van der Waals surface area contributed by atoms with Crippen LogP contribution in [0.5, 0.6) is 5.75 Å². The molecule has 1 N–H and O–H groups in total. The molecule has 1 aromatic heterocycles. The van der Waals surface area contributed by atoms with Crippen molar-refractivity contribution in [2.45, 2.75) is 23.6 Å². The van der Waals surface area contributed by atoms with Crippen molar-refractivity contribution >= 4 is 39.5 Å². The van der Waals surface area contributed by atoms with E-state index < -0.39 is 23.1 Å². The Morgan fingerprint density at radius 2 is 2.07 bits per heavy atom. The van der Waals surface area contributed by atoms with Gasteiger partial charge in [0.25, 0.3) is 10.9 Å². The number of para-hydroxylation sites is 1. The highest BCUT2D eigenvalue weighted by Gasteiger charge is 2.41. The van der Waals surface area contributed by atoms with E-state index in [1.807, 2.05) is 0 Å². The van der Waals surface area contributed by atoms with E-state index in [1.165, 1.54) is 42.5 Å². The molecular formula is C20H15FN2O4S2. The zero-order valence-electron chi connectivity index (χ0n) is 15.2. The van der Waals surface area contributed by atoms with Gasteiger partial charge in [0.1, 0.15) is 11.6 Å². The summed E-state index contributed by atoms with van der Waals surface area (Å²) >= 11 is -0.200. The first-order valence-corrected chi connectivity index (χ1v) is 10.7. The normalized spacial score (nSPS) is 17.6. The summed E-state index contributed by atoms with van der Waals surface area (Å²) in [4.78, 5) is 28.9. The van der Waals surface area contributed by atoms with Crippen LogP contribution in [0.2, 0.25) is 0 Å². The lowest BCUT2D eigenvalue weighted by atomic mass is 10.1. The van der Waals surface area contributed by atoms with Gasteiger partial charge in [-0.1, -0.05) is 35.6 Å². The van der Waals surface area contributed by atoms with E-state index in [4.69, 9.17) is 4.74 Å². The highest BCUT2D eigenvalue weighted by molar-refractivity contribution is 7.92. The summed E-state index contributed by atoms with van der Waals surface area (Å²) in [5, 5.41) is 3.03. The molecule has 0 radical (unpaired) electrons. The molecule has 0 fully saturated rings. The monoisotopic (exact) mass is 430 g/mol. The molecule has 29 heavy (non-hydrogen) atoms. The average molecular weight is 430 g/mol. The molecule has 6 nitrogen and oxygen atoms in total. The van der Waals surface area contributed by atoms with Crippen LogP contribution >= 0.6 is 11.3 Å². The van der Waals surface area contributed by atoms with E-state index in [2.05, 4.69) is 10.3 Å². The maximum atomic E-state index is 13.5. The van der Waals surface area contributed by atoms with Crippen LogP contribution in [0.1, 0.15) is 33.0 Å². The lowest BCUT2D eigenvalue weighted by molar-refractivity contribution is -0.131. The first-order chi connectivity index (χ1) is 13.9. The molecule has 0 saturated heterocycles. The molecule has 148 valence electrons. The average Bonchev–Trinajstić information content (AvgIpc) is 3.20. The molecule has 1 aliphatic heterocycles. The first kappa shape index (κ1) is 19.6. The van der Waals surface area contributed by atoms with E-state index in [-0.39, 0.29) is 22.4 Å². The Morgan fingerprint density at radius 3 is 2.79 bits per heavy atom. The number of rotatable bonds is 4. The second-order valence-electron chi connectivity index (χ2n) is 6.34. The minimum atomic E-state index is -1.43. The van der Waals surface area contributed by atoms with Gasteiger partial charge in [-0.25, -0.2) is 4.39 Å². The Labute approximate surface area is 172 Å². The molecule has 9 heteroatoms. The Hall–Kier alpha value is -2.75. The number of anilines is 1. The molecule has 0 saturated carbocycles. The van der Waals surface area contributed by atoms with Gasteiger partial charge in [0.2, 0.25) is 0 Å². The number of ether oxygens (including phenoxy) is 1. The number of thiazole rings is 1. The standard InChI is InChI=1S/C20H15FN2O4S2/c1-11(24)27-15-8-3-2-7-14(15)18(25)22-20-23-19-16(28-20)10-17(29(19)26)12-5-4-6-13(21)9-12/h2-9,17H,10H2,1H3,(H,22,23,25). The minimum absolute atomic E-state index is 0.149. The van der Waals surface area contributed by atoms with Gasteiger partial charge in [-0.15, -0.1) is 0 Å². The Bertz CT molecular complexity index is 1100. The third-order valence-electron chi connectivity index (χ3n) is 4.31. The largest absolute Gasteiger partial charge is 0.610 e. The van der Waals surface area contributed by atoms with Crippen molar-refractivity contribution in [3.05, 3.63) is 70.4 Å². The van der Waals surface area contributed by atoms with Gasteiger partial charge >= 0.3 is 5.97 Å². The van der Waals surface area contributed by atoms with Crippen molar-refractivity contribution in [2.24, 2.45) is 0 Å². The van der Waals surface area contributed by atoms with Gasteiger partial charge in [0.05, 0.1) is 10.4 Å². The van der Waals surface area contributed by atoms with Crippen molar-refractivity contribution in [1.82, 2.24) is 4.98 Å². The van der Waals surface area contributed by atoms with Gasteiger partial charge in [-0.05, 0) is 24.3 Å². The molecule has 2 unspecified atom stereocenters. The van der Waals surface area contributed by atoms with Crippen LogP contribution in [-0.2, 0) is 22.4 Å². The molecule has 2 aromatic carbocycles. The number of carbonyl (C=O) groups is 2. The fourth-order valence-corrected chi connectivity index (χ4v) is 5.97. The second-order valence-corrected chi connectivity index (χ2v) is 8.97. The van der Waals surface area contributed by atoms with Gasteiger partial charge in [0.15, 0.2) is 10.4 Å². The SMILES string of the molecule is CC(=O)Oc1ccccc1C(=O)Nc1nc2c(s1)CC(c1cccc(F)c1)[S+]2[O-]. The van der Waals surface area contributed by atoms with E-state index in [0.29, 0.717) is 22.1 Å². The predicted molar refractivity (Wildman–Crippen MR) is 107 cm³/mol. The van der Waals surface area contributed by atoms with E-state index in [0.717, 1.165) is 4.88 Å². The molecule has 0 bridgehead atoms. The second kappa shape index (κ2) is 7.94. The van der Waals surface area contributed by atoms with Gasteiger partial charge in [-0.3, -0.25) is 14.9 Å². The zero-order chi connectivity index (χ0) is 20.5. The van der Waals surface area contributed by atoms with E-state index in [9.17, 15) is 18.5 Å². The van der Waals surface area contributed by atoms with E-state index >= 15 is 0 Å². The van der Waals surface area contributed by atoms with Gasteiger partial charge in [0, 0.05) is 30.1 Å². The Balaban J connectivity index is 1.52. The van der Waals surface area contributed by atoms with Crippen molar-refractivity contribution < 1.29 is 23.3 Å². The maximum Gasteiger partial charge on any atom is 0.308 e. The fraction of sp³-hybridized carbons (Fsp3) is 0.150. The zero-order valence-corrected chi connectivity index (χ0v) is 16.8. The molecule has 1 amide bonds. The molecule has 1 aliphatic rings. The molecular weight excluding hydrogens is 415 g/mol. The number of amides is 1. The third-order valence-corrected chi connectivity index (χ3v) is 7.10. The molecule has 2 heterocycles. The summed E-state index contributed by atoms with van der Waals surface area (Å²) in [6.45, 7) is 1.25. The van der Waals surface area contributed by atoms with Crippen LogP contribution in [0.3, 0.4) is 0 Å². The predicted octanol–water partition coefficient (Wildman–Crippen LogP) is 3.86. The third kappa shape index (κ3) is 4.02. The summed E-state index contributed by atoms with van der Waals surface area (Å²) in [6, 6.07) is 12.4. The van der Waals surface area contributed by atoms with Crippen LogP contribution < -0.4 is 10.1 Å². The summed E-state index contributed by atoms with van der Waals surface area (Å²) in [6.07, 6.45) is 0.461. The highest BCUT2D eigenvalue weighted by Crippen LogP contribution is 2.44. The highest BCUT2D eigenvalue weighted by atomic mass is 32.2. The van der Waals surface area contributed by atoms with Crippen molar-refractivity contribution in [1.29, 1.82) is 0 Å². The van der Waals surface area contributed by atoms with Crippen LogP contribution in [0.25, 0.3) is 0 Å². The number of nitrogens with zero attached hydrogens (tertiary/aromatic N) is 1. The topological polar surface area (TPSA) is 91.4 Å². The molecule has 3 aromatic rings. The van der Waals surface area contributed by atoms with Gasteiger partial charge in [-0.2, -0.15) is 4.98 Å². The van der Waals surface area contributed by atoms with E-state index in [1.54, 1.807) is 24.3 Å². The van der Waals surface area contributed by atoms with Crippen molar-refractivity contribution in [3.63, 3.8) is 0 Å². The Kier molecular flexibility index (Phi) is 5.35. The number of nitrogens with one attached hydrogen (secondary N) is 1. The van der Waals surface area contributed by atoms with Gasteiger partial charge < -0.3 is 9.29 Å². The number of hydrogen-bond donors (Lipinski definition) is 1. The number of aromatic nitrogens is 1. The number of esters is 1. The lowest BCUT2D eigenvalue weighted by Gasteiger charge is -2.13. The smallest absolute Gasteiger partial charge is 0.308 e. The quantitative estimate of drug-likeness (QED) is 0.386. The fourth-order valence-electron chi connectivity index (χ4n) is 3.07. The molecule has 0 spiro atoms. The number of halogens is 1. The number of fused-ring (bicyclic) bond motifs is 1. The minimum Gasteiger partial charge on any atom is -0.610 e. The molecule has 0 aliphatic carbocycles. The van der Waals surface area contributed by atoms with Crippen LogP contribution in [-0.4, -0.2) is 21.4 Å². The number of benzene rings is 2. The Morgan fingerprint density at radius 1 is 1.28 bits per heavy atom. The first-order valence-electron chi connectivity index (χ1n) is 8.67. The lowest BCUT2D eigenvalue weighted by Crippen LogP contribution is -2.15. The number of carbonyl (C=O) groups excluding carboxylic acids is 2. The number of hydrogen-bond acceptors (Lipinski definition) is 6. The summed E-state index contributed by atoms with van der Waals surface area (Å²) < 4.78 is 31.4. The van der Waals surface area contributed by atoms with Crippen LogP contribution in [0.15, 0.2) is 53.6 Å². The van der Waals surface area contributed by atoms with Crippen LogP contribution in [0, 0.1) is 5.82 Å². The summed E-state index contributed by atoms with van der Waals surface area (Å²) in [5.41, 5.74) is 0.853. The molecule has 2 atom stereocenters. The summed E-state index contributed by atoms with van der Waals surface area (Å²) in [7, 11) is 0. The van der Waals surface area contributed by atoms with Crippen molar-refractivity contribution in [2.75, 3.05) is 5.32 Å². The van der Waals surface area contributed by atoms with Crippen LogP contribution in [0.4, 0.5) is 9.52 Å². The summed E-state index contributed by atoms with van der Waals surface area (Å²) in [5.74, 6) is -1.24. The van der Waals surface area contributed by atoms with Crippen molar-refractivity contribution in [3.8, 4) is 5.75 Å². The maximum absolute atomic E-state index is 13.5. The molecule has 4 rings (SSSR count).